The summed E-state index contributed by atoms with van der Waals surface area (Å²) in [5, 5.41) is 4.90. The first-order chi connectivity index (χ1) is 16.6. The van der Waals surface area contributed by atoms with Gasteiger partial charge in [-0.05, 0) is 68.0 Å². The topological polar surface area (TPSA) is 62.8 Å². The molecule has 0 aliphatic heterocycles. The van der Waals surface area contributed by atoms with Crippen LogP contribution in [-0.4, -0.2) is 25.6 Å². The molecule has 0 aromatic heterocycles. The van der Waals surface area contributed by atoms with Gasteiger partial charge in [0.2, 0.25) is 5.91 Å². The van der Waals surface area contributed by atoms with Crippen molar-refractivity contribution in [3.63, 3.8) is 0 Å². The van der Waals surface area contributed by atoms with E-state index in [1.165, 1.54) is 6.42 Å². The first-order valence-corrected chi connectivity index (χ1v) is 12.8. The zero-order chi connectivity index (χ0) is 24.8. The number of benzene rings is 2. The van der Waals surface area contributed by atoms with Gasteiger partial charge < -0.3 is 10.1 Å². The number of nitrogens with one attached hydrogen (secondary N) is 2. The predicted octanol–water partition coefficient (Wildman–Crippen LogP) is 6.66. The number of rotatable bonds is 11. The fraction of sp³-hybridized carbons (Fsp3) is 0.536. The van der Waals surface area contributed by atoms with Crippen LogP contribution < -0.4 is 20.6 Å². The van der Waals surface area contributed by atoms with Gasteiger partial charge in [0.25, 0.3) is 0 Å². The highest BCUT2D eigenvalue weighted by Crippen LogP contribution is 2.33. The monoisotopic (exact) mass is 469 g/mol. The minimum atomic E-state index is -0.419. The molecule has 0 heterocycles. The summed E-state index contributed by atoms with van der Waals surface area (Å²) in [7, 11) is 1.65. The molecule has 1 atom stereocenters. The summed E-state index contributed by atoms with van der Waals surface area (Å²) in [4.78, 5) is 19.6. The fourth-order valence-corrected chi connectivity index (χ4v) is 4.24. The second-order valence-corrected chi connectivity index (χ2v) is 8.52. The van der Waals surface area contributed by atoms with Gasteiger partial charge in [-0.3, -0.25) is 4.79 Å². The third kappa shape index (κ3) is 7.94. The van der Waals surface area contributed by atoms with Crippen LogP contribution >= 0.6 is 0 Å². The van der Waals surface area contributed by atoms with Crippen molar-refractivity contribution in [2.75, 3.05) is 24.2 Å². The number of unbranched alkanes of at least 4 members (excludes halogenated alkanes) is 1. The standard InChI is InChI=1S/C26H37N3O3.C2H6/c1-4-5-19-27-26(30)25(21-12-7-6-8-13-21)29(22-15-17-23(31-3)18-16-22)32-28-24-14-10-9-11-20(24)2;1-2/h9-11,14-18,21,25,28H,4-8,12-13,19H2,1-3H3,(H,27,30);1-2H3. The molecule has 0 spiro atoms. The fourth-order valence-electron chi connectivity index (χ4n) is 4.24. The molecule has 1 saturated carbocycles. The molecule has 1 fully saturated rings. The van der Waals surface area contributed by atoms with Crippen LogP contribution in [0.25, 0.3) is 0 Å². The highest BCUT2D eigenvalue weighted by molar-refractivity contribution is 5.85. The van der Waals surface area contributed by atoms with Crippen molar-refractivity contribution < 1.29 is 14.5 Å². The van der Waals surface area contributed by atoms with E-state index in [0.29, 0.717) is 6.54 Å². The number of carbonyl (C=O) groups is 1. The summed E-state index contributed by atoms with van der Waals surface area (Å²) >= 11 is 0. The van der Waals surface area contributed by atoms with Crippen LogP contribution in [0.4, 0.5) is 11.4 Å². The van der Waals surface area contributed by atoms with Gasteiger partial charge >= 0.3 is 0 Å². The Bertz CT molecular complexity index is 835. The zero-order valence-electron chi connectivity index (χ0n) is 21.6. The predicted molar refractivity (Wildman–Crippen MR) is 141 cm³/mol. The Balaban J connectivity index is 0.00000199. The number of anilines is 2. The number of methoxy groups -OCH3 is 1. The van der Waals surface area contributed by atoms with Crippen LogP contribution in [0, 0.1) is 12.8 Å². The van der Waals surface area contributed by atoms with Gasteiger partial charge in [-0.25, -0.2) is 10.5 Å². The van der Waals surface area contributed by atoms with Crippen molar-refractivity contribution >= 4 is 17.3 Å². The molecule has 1 unspecified atom stereocenters. The number of hydroxylamine groups is 1. The lowest BCUT2D eigenvalue weighted by Gasteiger charge is -2.37. The van der Waals surface area contributed by atoms with Gasteiger partial charge in [0.1, 0.15) is 11.8 Å². The molecule has 188 valence electrons. The Labute approximate surface area is 205 Å². The Kier molecular flexibility index (Phi) is 12.3. The summed E-state index contributed by atoms with van der Waals surface area (Å²) in [5.74, 6) is 1.01. The minimum absolute atomic E-state index is 0.0211. The Morgan fingerprint density at radius 1 is 1.06 bits per heavy atom. The maximum atomic E-state index is 13.4. The van der Waals surface area contributed by atoms with E-state index in [-0.39, 0.29) is 11.8 Å². The summed E-state index contributed by atoms with van der Waals surface area (Å²) in [5.41, 5.74) is 5.86. The van der Waals surface area contributed by atoms with Crippen molar-refractivity contribution in [3.05, 3.63) is 54.1 Å². The molecule has 1 aliphatic rings. The minimum Gasteiger partial charge on any atom is -0.497 e. The van der Waals surface area contributed by atoms with Gasteiger partial charge in [0, 0.05) is 6.54 Å². The Morgan fingerprint density at radius 2 is 1.74 bits per heavy atom. The molecule has 3 rings (SSSR count). The molecule has 6 heteroatoms. The van der Waals surface area contributed by atoms with Gasteiger partial charge in [-0.15, -0.1) is 0 Å². The highest BCUT2D eigenvalue weighted by atomic mass is 16.8. The molecular weight excluding hydrogens is 426 g/mol. The van der Waals surface area contributed by atoms with Crippen LogP contribution in [0.5, 0.6) is 5.75 Å². The molecule has 0 radical (unpaired) electrons. The van der Waals surface area contributed by atoms with Crippen LogP contribution in [-0.2, 0) is 9.73 Å². The quantitative estimate of drug-likeness (QED) is 0.285. The van der Waals surface area contributed by atoms with Gasteiger partial charge in [-0.1, -0.05) is 64.7 Å². The maximum Gasteiger partial charge on any atom is 0.245 e. The van der Waals surface area contributed by atoms with E-state index in [1.54, 1.807) is 12.2 Å². The Hall–Kier alpha value is -2.73. The largest absolute Gasteiger partial charge is 0.497 e. The zero-order valence-corrected chi connectivity index (χ0v) is 21.6. The van der Waals surface area contributed by atoms with Crippen molar-refractivity contribution in [2.24, 2.45) is 5.92 Å². The van der Waals surface area contributed by atoms with E-state index in [1.807, 2.05) is 69.3 Å². The lowest BCUT2D eigenvalue weighted by molar-refractivity contribution is -0.126. The number of para-hydroxylation sites is 1. The maximum absolute atomic E-state index is 13.4. The molecule has 1 amide bonds. The van der Waals surface area contributed by atoms with E-state index >= 15 is 0 Å². The number of amides is 1. The molecule has 0 bridgehead atoms. The smallest absolute Gasteiger partial charge is 0.245 e. The summed E-state index contributed by atoms with van der Waals surface area (Å²) < 4.78 is 5.33. The molecule has 1 aliphatic carbocycles. The number of nitrogens with zero attached hydrogens (tertiary/aromatic N) is 1. The summed E-state index contributed by atoms with van der Waals surface area (Å²) in [6.07, 6.45) is 7.57. The first-order valence-electron chi connectivity index (χ1n) is 12.8. The second-order valence-electron chi connectivity index (χ2n) is 8.52. The van der Waals surface area contributed by atoms with Crippen LogP contribution in [0.2, 0.25) is 0 Å². The highest BCUT2D eigenvalue weighted by Gasteiger charge is 2.36. The Morgan fingerprint density at radius 3 is 2.35 bits per heavy atom. The van der Waals surface area contributed by atoms with Crippen molar-refractivity contribution in [1.82, 2.24) is 5.32 Å². The molecule has 6 nitrogen and oxygen atoms in total. The third-order valence-electron chi connectivity index (χ3n) is 6.17. The number of carbonyl (C=O) groups excluding carboxylic acids is 1. The summed E-state index contributed by atoms with van der Waals surface area (Å²) in [6.45, 7) is 8.84. The molecule has 0 saturated heterocycles. The van der Waals surface area contributed by atoms with E-state index in [4.69, 9.17) is 9.68 Å². The first kappa shape index (κ1) is 27.5. The molecule has 34 heavy (non-hydrogen) atoms. The van der Waals surface area contributed by atoms with E-state index < -0.39 is 6.04 Å². The normalized spacial score (nSPS) is 14.4. The average molecular weight is 470 g/mol. The molecule has 2 N–H and O–H groups in total. The van der Waals surface area contributed by atoms with Crippen LogP contribution in [0.1, 0.15) is 71.3 Å². The van der Waals surface area contributed by atoms with Crippen molar-refractivity contribution in [2.45, 2.75) is 78.7 Å². The number of hydrogen-bond acceptors (Lipinski definition) is 5. The number of aryl methyl sites for hydroxylation is 1. The van der Waals surface area contributed by atoms with Gasteiger partial charge in [0.15, 0.2) is 0 Å². The molecule has 2 aromatic carbocycles. The number of hydrogen-bond donors (Lipinski definition) is 2. The average Bonchev–Trinajstić information content (AvgIpc) is 2.89. The van der Waals surface area contributed by atoms with Crippen molar-refractivity contribution in [3.8, 4) is 5.75 Å². The molecular formula is C28H43N3O3. The molecule has 2 aromatic rings. The van der Waals surface area contributed by atoms with Gasteiger partial charge in [0.05, 0.1) is 18.5 Å². The van der Waals surface area contributed by atoms with E-state index in [2.05, 4.69) is 17.7 Å². The lowest BCUT2D eigenvalue weighted by atomic mass is 9.83. The lowest BCUT2D eigenvalue weighted by Crippen LogP contribution is -2.52. The number of ether oxygens (including phenoxy) is 1. The summed E-state index contributed by atoms with van der Waals surface area (Å²) in [6, 6.07) is 15.2. The second kappa shape index (κ2) is 15.2. The van der Waals surface area contributed by atoms with E-state index in [0.717, 1.165) is 61.2 Å². The van der Waals surface area contributed by atoms with Crippen LogP contribution in [0.3, 0.4) is 0 Å². The third-order valence-corrected chi connectivity index (χ3v) is 6.17. The SMILES string of the molecule is CC.CCCCNC(=O)C(C1CCCCC1)N(ONc1ccccc1C)c1ccc(OC)cc1. The van der Waals surface area contributed by atoms with Crippen LogP contribution in [0.15, 0.2) is 48.5 Å². The van der Waals surface area contributed by atoms with Gasteiger partial charge in [-0.2, -0.15) is 4.94 Å². The van der Waals surface area contributed by atoms with Crippen molar-refractivity contribution in [1.29, 1.82) is 0 Å². The van der Waals surface area contributed by atoms with E-state index in [9.17, 15) is 4.79 Å².